The molecule has 0 bridgehead atoms. The molecule has 0 fully saturated rings. The number of hydrogen-bond acceptors (Lipinski definition) is 3. The summed E-state index contributed by atoms with van der Waals surface area (Å²) in [6, 6.07) is 1.62. The lowest BCUT2D eigenvalue weighted by Crippen LogP contribution is -2.03. The third-order valence-electron chi connectivity index (χ3n) is 1.28. The largest absolute Gasteiger partial charge is 0.460 e. The van der Waals surface area contributed by atoms with E-state index in [4.69, 9.17) is 4.42 Å². The maximum atomic E-state index is 11.2. The zero-order valence-electron chi connectivity index (χ0n) is 6.46. The highest BCUT2D eigenvalue weighted by molar-refractivity contribution is 9.10. The van der Waals surface area contributed by atoms with E-state index in [-0.39, 0.29) is 23.7 Å². The van der Waals surface area contributed by atoms with Crippen LogP contribution in [0.1, 0.15) is 23.9 Å². The van der Waals surface area contributed by atoms with E-state index in [0.29, 0.717) is 4.47 Å². The average molecular weight is 231 g/mol. The fourth-order valence-electron chi connectivity index (χ4n) is 0.799. The van der Waals surface area contributed by atoms with Gasteiger partial charge in [-0.3, -0.25) is 9.59 Å². The van der Waals surface area contributed by atoms with E-state index in [1.807, 2.05) is 0 Å². The summed E-state index contributed by atoms with van der Waals surface area (Å²) < 4.78 is 5.47. The lowest BCUT2D eigenvalue weighted by molar-refractivity contribution is -0.116. The Kier molecular flexibility index (Phi) is 2.81. The van der Waals surface area contributed by atoms with Crippen molar-refractivity contribution in [2.45, 2.75) is 13.3 Å². The van der Waals surface area contributed by atoms with E-state index in [1.54, 1.807) is 6.07 Å². The van der Waals surface area contributed by atoms with Gasteiger partial charge in [0.1, 0.15) is 5.78 Å². The summed E-state index contributed by atoms with van der Waals surface area (Å²) in [6.07, 6.45) is 1.30. The second-order valence-electron chi connectivity index (χ2n) is 2.40. The third-order valence-corrected chi connectivity index (χ3v) is 1.90. The molecule has 0 spiro atoms. The van der Waals surface area contributed by atoms with Crippen LogP contribution in [0.4, 0.5) is 0 Å². The number of hydrogen-bond donors (Lipinski definition) is 0. The van der Waals surface area contributed by atoms with Gasteiger partial charge < -0.3 is 4.42 Å². The number of carbonyl (C=O) groups excluding carboxylic acids is 2. The van der Waals surface area contributed by atoms with E-state index in [2.05, 4.69) is 15.9 Å². The van der Waals surface area contributed by atoms with Crippen LogP contribution < -0.4 is 0 Å². The molecule has 1 heterocycles. The molecule has 4 heteroatoms. The molecular formula is C8H7BrO3. The van der Waals surface area contributed by atoms with Crippen LogP contribution in [0.2, 0.25) is 0 Å². The molecule has 0 aliphatic carbocycles. The van der Waals surface area contributed by atoms with Crippen molar-refractivity contribution in [1.82, 2.24) is 0 Å². The molecule has 0 aromatic carbocycles. The molecule has 64 valence electrons. The maximum Gasteiger partial charge on any atom is 0.206 e. The average Bonchev–Trinajstić information content (AvgIpc) is 2.33. The molecule has 1 aromatic rings. The highest BCUT2D eigenvalue weighted by Crippen LogP contribution is 2.18. The van der Waals surface area contributed by atoms with Gasteiger partial charge in [0.05, 0.1) is 17.2 Å². The van der Waals surface area contributed by atoms with Crippen molar-refractivity contribution in [1.29, 1.82) is 0 Å². The smallest absolute Gasteiger partial charge is 0.206 e. The van der Waals surface area contributed by atoms with Crippen molar-refractivity contribution in [2.75, 3.05) is 0 Å². The minimum Gasteiger partial charge on any atom is -0.460 e. The van der Waals surface area contributed by atoms with E-state index in [1.165, 1.54) is 13.2 Å². The van der Waals surface area contributed by atoms with Gasteiger partial charge in [0.25, 0.3) is 0 Å². The Labute approximate surface area is 77.9 Å². The third kappa shape index (κ3) is 2.04. The highest BCUT2D eigenvalue weighted by atomic mass is 79.9. The van der Waals surface area contributed by atoms with Gasteiger partial charge in [0, 0.05) is 0 Å². The molecule has 0 unspecified atom stereocenters. The zero-order chi connectivity index (χ0) is 9.14. The number of ketones is 2. The standard InChI is InChI=1S/C8H7BrO3/c1-5(10)4-7(11)8-6(9)2-3-12-8/h2-3H,4H2,1H3. The SMILES string of the molecule is CC(=O)CC(=O)c1occc1Br. The predicted molar refractivity (Wildman–Crippen MR) is 46.0 cm³/mol. The Morgan fingerprint density at radius 1 is 1.58 bits per heavy atom. The van der Waals surface area contributed by atoms with Gasteiger partial charge in [0.15, 0.2) is 5.76 Å². The normalized spacial score (nSPS) is 9.83. The molecule has 1 aromatic heterocycles. The van der Waals surface area contributed by atoms with Crippen LogP contribution in [-0.2, 0) is 4.79 Å². The van der Waals surface area contributed by atoms with Gasteiger partial charge in [-0.1, -0.05) is 0 Å². The molecule has 1 rings (SSSR count). The van der Waals surface area contributed by atoms with Crippen molar-refractivity contribution in [3.63, 3.8) is 0 Å². The molecule has 3 nitrogen and oxygen atoms in total. The molecular weight excluding hydrogens is 224 g/mol. The first kappa shape index (κ1) is 9.19. The van der Waals surface area contributed by atoms with Gasteiger partial charge in [-0.05, 0) is 28.9 Å². The Balaban J connectivity index is 2.78. The summed E-state index contributed by atoms with van der Waals surface area (Å²) in [5, 5.41) is 0. The van der Waals surface area contributed by atoms with Gasteiger partial charge in [-0.25, -0.2) is 0 Å². The monoisotopic (exact) mass is 230 g/mol. The molecule has 0 aliphatic heterocycles. The molecule has 0 amide bonds. The molecule has 0 atom stereocenters. The van der Waals surface area contributed by atoms with Crippen LogP contribution in [0.15, 0.2) is 21.2 Å². The second-order valence-corrected chi connectivity index (χ2v) is 3.25. The summed E-state index contributed by atoms with van der Waals surface area (Å²) in [7, 11) is 0. The van der Waals surface area contributed by atoms with Crippen LogP contribution in [0, 0.1) is 0 Å². The van der Waals surface area contributed by atoms with Crippen molar-refractivity contribution in [2.24, 2.45) is 0 Å². The summed E-state index contributed by atoms with van der Waals surface area (Å²) in [5.74, 6) is -0.243. The second kappa shape index (κ2) is 3.67. The van der Waals surface area contributed by atoms with Gasteiger partial charge >= 0.3 is 0 Å². The molecule has 0 aliphatic rings. The van der Waals surface area contributed by atoms with Crippen LogP contribution in [0.3, 0.4) is 0 Å². The number of halogens is 1. The van der Waals surface area contributed by atoms with Gasteiger partial charge in [-0.2, -0.15) is 0 Å². The lowest BCUT2D eigenvalue weighted by Gasteiger charge is -1.92. The Morgan fingerprint density at radius 3 is 2.67 bits per heavy atom. The van der Waals surface area contributed by atoms with Crippen molar-refractivity contribution >= 4 is 27.5 Å². The Bertz CT molecular complexity index is 314. The highest BCUT2D eigenvalue weighted by Gasteiger charge is 2.14. The van der Waals surface area contributed by atoms with Crippen LogP contribution in [0.25, 0.3) is 0 Å². The fraction of sp³-hybridized carbons (Fsp3) is 0.250. The van der Waals surface area contributed by atoms with Crippen LogP contribution >= 0.6 is 15.9 Å². The van der Waals surface area contributed by atoms with Gasteiger partial charge in [-0.15, -0.1) is 0 Å². The Hall–Kier alpha value is -0.900. The van der Waals surface area contributed by atoms with Crippen LogP contribution in [0.5, 0.6) is 0 Å². The maximum absolute atomic E-state index is 11.2. The minimum absolute atomic E-state index is 0.105. The van der Waals surface area contributed by atoms with Crippen molar-refractivity contribution in [3.05, 3.63) is 22.6 Å². The summed E-state index contributed by atoms with van der Waals surface area (Å²) in [6.45, 7) is 1.37. The van der Waals surface area contributed by atoms with E-state index >= 15 is 0 Å². The number of furan rings is 1. The van der Waals surface area contributed by atoms with Gasteiger partial charge in [0.2, 0.25) is 5.78 Å². The zero-order valence-corrected chi connectivity index (χ0v) is 8.05. The van der Waals surface area contributed by atoms with E-state index < -0.39 is 0 Å². The first-order valence-electron chi connectivity index (χ1n) is 3.37. The molecule has 12 heavy (non-hydrogen) atoms. The first-order valence-corrected chi connectivity index (χ1v) is 4.16. The molecule has 0 saturated carbocycles. The fourth-order valence-corrected chi connectivity index (χ4v) is 1.22. The topological polar surface area (TPSA) is 47.3 Å². The Morgan fingerprint density at radius 2 is 2.25 bits per heavy atom. The summed E-state index contributed by atoms with van der Waals surface area (Å²) >= 11 is 3.13. The van der Waals surface area contributed by atoms with E-state index in [9.17, 15) is 9.59 Å². The van der Waals surface area contributed by atoms with Crippen molar-refractivity contribution in [3.8, 4) is 0 Å². The number of Topliss-reactive ketones (excluding diaryl/α,β-unsaturated/α-hetero) is 2. The van der Waals surface area contributed by atoms with Crippen molar-refractivity contribution < 1.29 is 14.0 Å². The molecule has 0 radical (unpaired) electrons. The summed E-state index contributed by atoms with van der Waals surface area (Å²) in [4.78, 5) is 21.8. The number of carbonyl (C=O) groups is 2. The molecule has 0 saturated heterocycles. The first-order chi connectivity index (χ1) is 5.61. The van der Waals surface area contributed by atoms with Crippen LogP contribution in [-0.4, -0.2) is 11.6 Å². The lowest BCUT2D eigenvalue weighted by atomic mass is 10.2. The van der Waals surface area contributed by atoms with E-state index in [0.717, 1.165) is 0 Å². The number of rotatable bonds is 3. The predicted octanol–water partition coefficient (Wildman–Crippen LogP) is 2.20. The molecule has 0 N–H and O–H groups in total. The summed E-state index contributed by atoms with van der Waals surface area (Å²) in [5.41, 5.74) is 0. The minimum atomic E-state index is -0.292. The quantitative estimate of drug-likeness (QED) is 0.591.